The number of nitrogens with one attached hydrogen (secondary N) is 2. The zero-order valence-corrected chi connectivity index (χ0v) is 12.1. The molecule has 1 aromatic rings. The molecule has 0 spiro atoms. The first-order chi connectivity index (χ1) is 9.22. The Morgan fingerprint density at radius 1 is 1.32 bits per heavy atom. The lowest BCUT2D eigenvalue weighted by molar-refractivity contribution is 0.318. The number of aliphatic imine (C=N–C) groups is 1. The molecule has 1 aromatic carbocycles. The molecule has 2 unspecified atom stereocenters. The van der Waals surface area contributed by atoms with E-state index in [4.69, 9.17) is 0 Å². The normalized spacial score (nSPS) is 24.5. The van der Waals surface area contributed by atoms with Crippen molar-refractivity contribution >= 4 is 5.96 Å². The van der Waals surface area contributed by atoms with Gasteiger partial charge >= 0.3 is 0 Å². The minimum atomic E-state index is 0.467. The molecule has 4 heteroatoms. The summed E-state index contributed by atoms with van der Waals surface area (Å²) in [5, 5.41) is 6.56. The van der Waals surface area contributed by atoms with Crippen LogP contribution in [0.2, 0.25) is 0 Å². The van der Waals surface area contributed by atoms with Crippen molar-refractivity contribution in [2.45, 2.75) is 19.5 Å². The van der Waals surface area contributed by atoms with E-state index in [-0.39, 0.29) is 0 Å². The maximum absolute atomic E-state index is 4.19. The zero-order chi connectivity index (χ0) is 13.7. The Bertz CT molecular complexity index is 415. The molecule has 104 valence electrons. The Morgan fingerprint density at radius 2 is 2.05 bits per heavy atom. The van der Waals surface area contributed by atoms with Crippen molar-refractivity contribution < 1.29 is 0 Å². The van der Waals surface area contributed by atoms with Gasteiger partial charge in [0.1, 0.15) is 0 Å². The number of benzene rings is 1. The molecular formula is C15H24N4. The molecule has 1 saturated heterocycles. The van der Waals surface area contributed by atoms with Crippen LogP contribution in [0.1, 0.15) is 12.5 Å². The number of hydrogen-bond donors (Lipinski definition) is 2. The molecule has 4 nitrogen and oxygen atoms in total. The Morgan fingerprint density at radius 3 is 2.68 bits per heavy atom. The van der Waals surface area contributed by atoms with Crippen LogP contribution in [0.25, 0.3) is 0 Å². The molecule has 0 aliphatic carbocycles. The summed E-state index contributed by atoms with van der Waals surface area (Å²) < 4.78 is 0. The van der Waals surface area contributed by atoms with Crippen molar-refractivity contribution in [3.05, 3.63) is 35.9 Å². The molecule has 0 aromatic heterocycles. The predicted molar refractivity (Wildman–Crippen MR) is 80.2 cm³/mol. The van der Waals surface area contributed by atoms with E-state index in [9.17, 15) is 0 Å². The second-order valence-corrected chi connectivity index (χ2v) is 5.23. The van der Waals surface area contributed by atoms with Crippen LogP contribution in [-0.4, -0.2) is 44.1 Å². The molecule has 1 aliphatic rings. The lowest BCUT2D eigenvalue weighted by Crippen LogP contribution is -2.45. The summed E-state index contributed by atoms with van der Waals surface area (Å²) in [6, 6.07) is 11.1. The van der Waals surface area contributed by atoms with Crippen molar-refractivity contribution in [2.24, 2.45) is 10.9 Å². The summed E-state index contributed by atoms with van der Waals surface area (Å²) in [5.41, 5.74) is 1.38. The Labute approximate surface area is 115 Å². The molecule has 0 radical (unpaired) electrons. The minimum absolute atomic E-state index is 0.467. The van der Waals surface area contributed by atoms with Gasteiger partial charge in [-0.3, -0.25) is 9.89 Å². The molecule has 1 aliphatic heterocycles. The van der Waals surface area contributed by atoms with Gasteiger partial charge in [-0.1, -0.05) is 37.3 Å². The standard InChI is InChI=1S/C15H24N4/c1-12-9-19(10-13-7-5-4-6-8-13)11-14(12)18-15(16-2)17-3/h4-8,12,14H,9-11H2,1-3H3,(H2,16,17,18). The quantitative estimate of drug-likeness (QED) is 0.636. The highest BCUT2D eigenvalue weighted by Crippen LogP contribution is 2.18. The lowest BCUT2D eigenvalue weighted by atomic mass is 10.1. The van der Waals surface area contributed by atoms with Crippen LogP contribution in [0.3, 0.4) is 0 Å². The van der Waals surface area contributed by atoms with Crippen LogP contribution in [0.5, 0.6) is 0 Å². The minimum Gasteiger partial charge on any atom is -0.359 e. The van der Waals surface area contributed by atoms with Gasteiger partial charge in [0.15, 0.2) is 5.96 Å². The van der Waals surface area contributed by atoms with Gasteiger partial charge in [0.2, 0.25) is 0 Å². The number of guanidine groups is 1. The van der Waals surface area contributed by atoms with Gasteiger partial charge in [0.25, 0.3) is 0 Å². The highest BCUT2D eigenvalue weighted by atomic mass is 15.2. The lowest BCUT2D eigenvalue weighted by Gasteiger charge is -2.19. The molecule has 2 atom stereocenters. The van der Waals surface area contributed by atoms with Crippen LogP contribution >= 0.6 is 0 Å². The van der Waals surface area contributed by atoms with Crippen LogP contribution in [0, 0.1) is 5.92 Å². The fraction of sp³-hybridized carbons (Fsp3) is 0.533. The third kappa shape index (κ3) is 3.70. The fourth-order valence-corrected chi connectivity index (χ4v) is 2.65. The topological polar surface area (TPSA) is 39.7 Å². The van der Waals surface area contributed by atoms with Gasteiger partial charge in [-0.2, -0.15) is 0 Å². The summed E-state index contributed by atoms with van der Waals surface area (Å²) in [5.74, 6) is 1.51. The Hall–Kier alpha value is -1.55. The highest BCUT2D eigenvalue weighted by Gasteiger charge is 2.29. The van der Waals surface area contributed by atoms with Crippen LogP contribution in [0.4, 0.5) is 0 Å². The predicted octanol–water partition coefficient (Wildman–Crippen LogP) is 1.30. The average molecular weight is 260 g/mol. The van der Waals surface area contributed by atoms with E-state index in [2.05, 4.69) is 57.8 Å². The molecule has 2 rings (SSSR count). The second-order valence-electron chi connectivity index (χ2n) is 5.23. The Kier molecular flexibility index (Phi) is 4.80. The van der Waals surface area contributed by atoms with E-state index in [1.165, 1.54) is 5.56 Å². The van der Waals surface area contributed by atoms with Crippen LogP contribution in [0.15, 0.2) is 35.3 Å². The van der Waals surface area contributed by atoms with E-state index in [0.29, 0.717) is 12.0 Å². The number of likely N-dealkylation sites (tertiary alicyclic amines) is 1. The molecule has 1 heterocycles. The first kappa shape index (κ1) is 13.9. The van der Waals surface area contributed by atoms with Gasteiger partial charge < -0.3 is 10.6 Å². The monoisotopic (exact) mass is 260 g/mol. The maximum Gasteiger partial charge on any atom is 0.190 e. The largest absolute Gasteiger partial charge is 0.359 e. The van der Waals surface area contributed by atoms with E-state index in [0.717, 1.165) is 25.6 Å². The van der Waals surface area contributed by atoms with Gasteiger partial charge in [0, 0.05) is 39.8 Å². The molecule has 0 saturated carbocycles. The van der Waals surface area contributed by atoms with Gasteiger partial charge in [-0.05, 0) is 11.5 Å². The summed E-state index contributed by atoms with van der Waals surface area (Å²) in [6.45, 7) is 5.52. The molecular weight excluding hydrogens is 236 g/mol. The SMILES string of the molecule is CN=C(NC)NC1CN(Cc2ccccc2)CC1C. The highest BCUT2D eigenvalue weighted by molar-refractivity contribution is 5.79. The Balaban J connectivity index is 1.90. The third-order valence-electron chi connectivity index (χ3n) is 3.72. The number of rotatable bonds is 3. The zero-order valence-electron chi connectivity index (χ0n) is 12.1. The average Bonchev–Trinajstić information content (AvgIpc) is 2.77. The van der Waals surface area contributed by atoms with Crippen molar-refractivity contribution in [2.75, 3.05) is 27.2 Å². The van der Waals surface area contributed by atoms with Crippen LogP contribution in [-0.2, 0) is 6.54 Å². The van der Waals surface area contributed by atoms with E-state index < -0.39 is 0 Å². The molecule has 19 heavy (non-hydrogen) atoms. The van der Waals surface area contributed by atoms with E-state index in [1.807, 2.05) is 7.05 Å². The van der Waals surface area contributed by atoms with Crippen molar-refractivity contribution in [1.82, 2.24) is 15.5 Å². The van der Waals surface area contributed by atoms with E-state index in [1.54, 1.807) is 7.05 Å². The summed E-state index contributed by atoms with van der Waals surface area (Å²) in [4.78, 5) is 6.69. The molecule has 0 amide bonds. The molecule has 1 fully saturated rings. The number of nitrogens with zero attached hydrogens (tertiary/aromatic N) is 2. The maximum atomic E-state index is 4.19. The van der Waals surface area contributed by atoms with Gasteiger partial charge in [0.05, 0.1) is 0 Å². The van der Waals surface area contributed by atoms with E-state index >= 15 is 0 Å². The molecule has 2 N–H and O–H groups in total. The third-order valence-corrected chi connectivity index (χ3v) is 3.72. The molecule has 0 bridgehead atoms. The fourth-order valence-electron chi connectivity index (χ4n) is 2.65. The van der Waals surface area contributed by atoms with Crippen LogP contribution < -0.4 is 10.6 Å². The summed E-state index contributed by atoms with van der Waals surface area (Å²) >= 11 is 0. The first-order valence-corrected chi connectivity index (χ1v) is 6.90. The summed E-state index contributed by atoms with van der Waals surface area (Å²) in [7, 11) is 3.71. The van der Waals surface area contributed by atoms with Crippen molar-refractivity contribution in [1.29, 1.82) is 0 Å². The summed E-state index contributed by atoms with van der Waals surface area (Å²) in [6.07, 6.45) is 0. The van der Waals surface area contributed by atoms with Gasteiger partial charge in [-0.25, -0.2) is 0 Å². The first-order valence-electron chi connectivity index (χ1n) is 6.90. The van der Waals surface area contributed by atoms with Crippen molar-refractivity contribution in [3.63, 3.8) is 0 Å². The van der Waals surface area contributed by atoms with Gasteiger partial charge in [-0.15, -0.1) is 0 Å². The number of hydrogen-bond acceptors (Lipinski definition) is 2. The van der Waals surface area contributed by atoms with Crippen molar-refractivity contribution in [3.8, 4) is 0 Å². The second kappa shape index (κ2) is 6.57. The smallest absolute Gasteiger partial charge is 0.190 e.